The van der Waals surface area contributed by atoms with E-state index in [0.717, 1.165) is 22.4 Å². The van der Waals surface area contributed by atoms with E-state index in [0.29, 0.717) is 31.2 Å². The van der Waals surface area contributed by atoms with Gasteiger partial charge in [-0.3, -0.25) is 9.59 Å². The summed E-state index contributed by atoms with van der Waals surface area (Å²) in [4.78, 5) is 24.4. The molecule has 0 bridgehead atoms. The first kappa shape index (κ1) is 22.1. The van der Waals surface area contributed by atoms with Gasteiger partial charge >= 0.3 is 0 Å². The predicted octanol–water partition coefficient (Wildman–Crippen LogP) is 3.12. The molecular weight excluding hydrogens is 394 g/mol. The summed E-state index contributed by atoms with van der Waals surface area (Å²) < 4.78 is 12.2. The van der Waals surface area contributed by atoms with Crippen molar-refractivity contribution in [2.24, 2.45) is 0 Å². The molecule has 7 heteroatoms. The monoisotopic (exact) mass is 421 g/mol. The summed E-state index contributed by atoms with van der Waals surface area (Å²) in [6, 6.07) is 16.5. The highest BCUT2D eigenvalue weighted by molar-refractivity contribution is 5.75. The number of hydrogen-bond acceptors (Lipinski definition) is 5. The van der Waals surface area contributed by atoms with E-state index in [1.807, 2.05) is 63.2 Å². The fraction of sp³-hybridized carbons (Fsp3) is 0.292. The van der Waals surface area contributed by atoms with E-state index in [2.05, 4.69) is 10.4 Å². The summed E-state index contributed by atoms with van der Waals surface area (Å²) in [5, 5.41) is 7.14. The van der Waals surface area contributed by atoms with Crippen molar-refractivity contribution in [1.29, 1.82) is 0 Å². The Morgan fingerprint density at radius 2 is 1.71 bits per heavy atom. The number of carbonyl (C=O) groups is 1. The second-order valence-corrected chi connectivity index (χ2v) is 7.14. The molecule has 0 fully saturated rings. The van der Waals surface area contributed by atoms with Gasteiger partial charge in [-0.25, -0.2) is 4.68 Å². The van der Waals surface area contributed by atoms with Crippen LogP contribution in [0.3, 0.4) is 0 Å². The minimum Gasteiger partial charge on any atom is -0.494 e. The average molecular weight is 421 g/mol. The molecule has 0 atom stereocenters. The fourth-order valence-electron chi connectivity index (χ4n) is 3.07. The largest absolute Gasteiger partial charge is 0.494 e. The van der Waals surface area contributed by atoms with Crippen LogP contribution >= 0.6 is 0 Å². The molecule has 0 aliphatic heterocycles. The van der Waals surface area contributed by atoms with Crippen LogP contribution in [0.1, 0.15) is 18.1 Å². The van der Waals surface area contributed by atoms with Crippen molar-refractivity contribution in [3.05, 3.63) is 76.1 Å². The third kappa shape index (κ3) is 6.18. The molecule has 0 radical (unpaired) electrons. The number of ether oxygens (including phenoxy) is 2. The highest BCUT2D eigenvalue weighted by atomic mass is 16.5. The molecule has 1 aromatic heterocycles. The van der Waals surface area contributed by atoms with Gasteiger partial charge in [-0.15, -0.1) is 0 Å². The lowest BCUT2D eigenvalue weighted by Crippen LogP contribution is -2.35. The molecule has 3 rings (SSSR count). The Kier molecular flexibility index (Phi) is 7.43. The standard InChI is InChI=1S/C24H27N3O4/c1-4-30-19-7-9-20(10-8-19)31-14-13-25-23(28)16-27-24(29)12-11-22(26-27)21-15-17(2)5-6-18(21)3/h5-12,15H,4,13-14,16H2,1-3H3,(H,25,28). The first-order valence-electron chi connectivity index (χ1n) is 10.2. The number of carbonyl (C=O) groups excluding carboxylic acids is 1. The second kappa shape index (κ2) is 10.4. The van der Waals surface area contributed by atoms with Gasteiger partial charge in [0, 0.05) is 11.6 Å². The van der Waals surface area contributed by atoms with Crippen molar-refractivity contribution < 1.29 is 14.3 Å². The van der Waals surface area contributed by atoms with Gasteiger partial charge in [0.2, 0.25) is 5.91 Å². The van der Waals surface area contributed by atoms with E-state index in [9.17, 15) is 9.59 Å². The van der Waals surface area contributed by atoms with Gasteiger partial charge < -0.3 is 14.8 Å². The van der Waals surface area contributed by atoms with Gasteiger partial charge in [0.25, 0.3) is 5.56 Å². The highest BCUT2D eigenvalue weighted by Gasteiger charge is 2.10. The molecule has 3 aromatic rings. The number of nitrogens with zero attached hydrogens (tertiary/aromatic N) is 2. The zero-order chi connectivity index (χ0) is 22.2. The lowest BCUT2D eigenvalue weighted by atomic mass is 10.0. The molecule has 1 amide bonds. The van der Waals surface area contributed by atoms with E-state index < -0.39 is 0 Å². The Hall–Kier alpha value is -3.61. The second-order valence-electron chi connectivity index (χ2n) is 7.14. The Balaban J connectivity index is 1.54. The molecule has 2 aromatic carbocycles. The topological polar surface area (TPSA) is 82.4 Å². The molecule has 0 saturated heterocycles. The van der Waals surface area contributed by atoms with Gasteiger partial charge in [-0.2, -0.15) is 5.10 Å². The molecule has 0 aliphatic carbocycles. The van der Waals surface area contributed by atoms with Crippen molar-refractivity contribution in [3.8, 4) is 22.8 Å². The van der Waals surface area contributed by atoms with Crippen molar-refractivity contribution in [2.45, 2.75) is 27.3 Å². The van der Waals surface area contributed by atoms with Crippen LogP contribution in [0, 0.1) is 13.8 Å². The van der Waals surface area contributed by atoms with Crippen molar-refractivity contribution in [3.63, 3.8) is 0 Å². The molecule has 1 N–H and O–H groups in total. The van der Waals surface area contributed by atoms with Crippen molar-refractivity contribution in [1.82, 2.24) is 15.1 Å². The van der Waals surface area contributed by atoms with E-state index in [4.69, 9.17) is 9.47 Å². The normalized spacial score (nSPS) is 10.5. The summed E-state index contributed by atoms with van der Waals surface area (Å²) in [5.74, 6) is 1.17. The lowest BCUT2D eigenvalue weighted by molar-refractivity contribution is -0.122. The summed E-state index contributed by atoms with van der Waals surface area (Å²) in [6.07, 6.45) is 0. The number of amides is 1. The van der Waals surface area contributed by atoms with Crippen LogP contribution < -0.4 is 20.3 Å². The minimum absolute atomic E-state index is 0.152. The van der Waals surface area contributed by atoms with Gasteiger partial charge in [-0.1, -0.05) is 17.7 Å². The maximum absolute atomic E-state index is 12.3. The molecule has 7 nitrogen and oxygen atoms in total. The molecule has 0 aliphatic rings. The van der Waals surface area contributed by atoms with Crippen LogP contribution in [-0.2, 0) is 11.3 Å². The third-order valence-electron chi connectivity index (χ3n) is 4.66. The van der Waals surface area contributed by atoms with Crippen LogP contribution in [0.2, 0.25) is 0 Å². The quantitative estimate of drug-likeness (QED) is 0.537. The SMILES string of the molecule is CCOc1ccc(OCCNC(=O)Cn2nc(-c3cc(C)ccc3C)ccc2=O)cc1. The zero-order valence-electron chi connectivity index (χ0n) is 18.1. The number of aryl methyl sites for hydroxylation is 2. The summed E-state index contributed by atoms with van der Waals surface area (Å²) in [6.45, 7) is 7.00. The molecule has 31 heavy (non-hydrogen) atoms. The molecule has 162 valence electrons. The van der Waals surface area contributed by atoms with Crippen LogP contribution in [0.4, 0.5) is 0 Å². The number of hydrogen-bond donors (Lipinski definition) is 1. The van der Waals surface area contributed by atoms with E-state index in [-0.39, 0.29) is 18.0 Å². The fourth-order valence-corrected chi connectivity index (χ4v) is 3.07. The third-order valence-corrected chi connectivity index (χ3v) is 4.66. The van der Waals surface area contributed by atoms with E-state index in [1.54, 1.807) is 6.07 Å². The molecule has 0 spiro atoms. The maximum atomic E-state index is 12.3. The number of aromatic nitrogens is 2. The summed E-state index contributed by atoms with van der Waals surface area (Å²) in [7, 11) is 0. The number of nitrogens with one attached hydrogen (secondary N) is 1. The Morgan fingerprint density at radius 3 is 2.42 bits per heavy atom. The minimum atomic E-state index is -0.324. The van der Waals surface area contributed by atoms with Crippen molar-refractivity contribution >= 4 is 5.91 Å². The van der Waals surface area contributed by atoms with Gasteiger partial charge in [0.1, 0.15) is 24.7 Å². The number of benzene rings is 2. The first-order chi connectivity index (χ1) is 15.0. The van der Waals surface area contributed by atoms with Crippen molar-refractivity contribution in [2.75, 3.05) is 19.8 Å². The molecule has 0 saturated carbocycles. The van der Waals surface area contributed by atoms with Gasteiger partial charge in [-0.05, 0) is 62.7 Å². The zero-order valence-corrected chi connectivity index (χ0v) is 18.1. The summed E-state index contributed by atoms with van der Waals surface area (Å²) in [5.41, 5.74) is 3.44. The summed E-state index contributed by atoms with van der Waals surface area (Å²) >= 11 is 0. The van der Waals surface area contributed by atoms with Crippen LogP contribution in [0.25, 0.3) is 11.3 Å². The molecular formula is C24H27N3O4. The van der Waals surface area contributed by atoms with Crippen LogP contribution in [0.5, 0.6) is 11.5 Å². The van der Waals surface area contributed by atoms with E-state index >= 15 is 0 Å². The first-order valence-corrected chi connectivity index (χ1v) is 10.2. The molecule has 0 unspecified atom stereocenters. The van der Waals surface area contributed by atoms with Gasteiger partial charge in [0.05, 0.1) is 18.8 Å². The van der Waals surface area contributed by atoms with Crippen LogP contribution in [0.15, 0.2) is 59.4 Å². The Bertz CT molecular complexity index is 1090. The highest BCUT2D eigenvalue weighted by Crippen LogP contribution is 2.21. The maximum Gasteiger partial charge on any atom is 0.267 e. The lowest BCUT2D eigenvalue weighted by Gasteiger charge is -2.11. The Morgan fingerprint density at radius 1 is 1.00 bits per heavy atom. The number of rotatable bonds is 9. The molecule has 1 heterocycles. The smallest absolute Gasteiger partial charge is 0.267 e. The predicted molar refractivity (Wildman–Crippen MR) is 120 cm³/mol. The van der Waals surface area contributed by atoms with E-state index in [1.165, 1.54) is 10.7 Å². The van der Waals surface area contributed by atoms with Gasteiger partial charge in [0.15, 0.2) is 0 Å². The van der Waals surface area contributed by atoms with Crippen LogP contribution in [-0.4, -0.2) is 35.4 Å². The Labute approximate surface area is 181 Å². The average Bonchev–Trinajstić information content (AvgIpc) is 2.76.